The van der Waals surface area contributed by atoms with Crippen LogP contribution in [0.4, 0.5) is 27.6 Å². The van der Waals surface area contributed by atoms with Crippen molar-refractivity contribution in [2.24, 2.45) is 4.99 Å². The van der Waals surface area contributed by atoms with Crippen molar-refractivity contribution in [1.82, 2.24) is 44.2 Å². The number of aliphatic imine (C=N–C) groups is 1. The first-order valence-corrected chi connectivity index (χ1v) is 18.0. The van der Waals surface area contributed by atoms with Gasteiger partial charge >= 0.3 is 6.18 Å². The van der Waals surface area contributed by atoms with Gasteiger partial charge in [-0.15, -0.1) is 5.10 Å². The molecule has 8 rings (SSSR count). The minimum atomic E-state index is -4.65. The molecule has 0 radical (unpaired) electrons. The van der Waals surface area contributed by atoms with E-state index < -0.39 is 66.4 Å². The van der Waals surface area contributed by atoms with Crippen LogP contribution >= 0.6 is 11.6 Å². The number of hydrogen-bond acceptors (Lipinski definition) is 11. The van der Waals surface area contributed by atoms with E-state index in [1.54, 1.807) is 16.4 Å². The lowest BCUT2D eigenvalue weighted by molar-refractivity contribution is -0.147. The molecule has 1 aromatic carbocycles. The first-order chi connectivity index (χ1) is 26.5. The molecule has 6 heterocycles. The van der Waals surface area contributed by atoms with Crippen molar-refractivity contribution < 1.29 is 36.6 Å². The minimum absolute atomic E-state index is 0.00972. The van der Waals surface area contributed by atoms with E-state index in [2.05, 4.69) is 35.7 Å². The van der Waals surface area contributed by atoms with Gasteiger partial charge in [-0.3, -0.25) is 24.3 Å². The van der Waals surface area contributed by atoms with Gasteiger partial charge in [0.15, 0.2) is 23.6 Å². The summed E-state index contributed by atoms with van der Waals surface area (Å²) in [5.41, 5.74) is -0.851. The first kappa shape index (κ1) is 37.4. The summed E-state index contributed by atoms with van der Waals surface area (Å²) in [5.74, 6) is -4.19. The SMILES string of the molecule is Cc1ncnc(C(=O)N2CCC3(CCCc4c3c(=O)n3nc(C5=CNC(N6CC(F)(F)C6)N=C5)nc3n4CC(=O)Nc3ccc(C(F)(F)F)cc3Cl)CC2)c1O. The Hall–Kier alpha value is -5.50. The lowest BCUT2D eigenvalue weighted by Gasteiger charge is -2.45. The van der Waals surface area contributed by atoms with Crippen molar-refractivity contribution in [2.75, 3.05) is 31.5 Å². The Balaban J connectivity index is 1.14. The predicted molar refractivity (Wildman–Crippen MR) is 190 cm³/mol. The van der Waals surface area contributed by atoms with E-state index in [1.165, 1.54) is 23.6 Å². The zero-order valence-corrected chi connectivity index (χ0v) is 30.3. The number of aromatic hydroxyl groups is 1. The van der Waals surface area contributed by atoms with Crippen LogP contribution in [-0.2, 0) is 29.4 Å². The zero-order valence-electron chi connectivity index (χ0n) is 29.6. The monoisotopic (exact) mass is 801 g/mol. The second-order valence-electron chi connectivity index (χ2n) is 14.4. The van der Waals surface area contributed by atoms with Crippen LogP contribution in [0.25, 0.3) is 11.4 Å². The number of aromatic nitrogens is 6. The molecular weight excluding hydrogens is 769 g/mol. The van der Waals surface area contributed by atoms with Crippen molar-refractivity contribution in [1.29, 1.82) is 0 Å². The van der Waals surface area contributed by atoms with E-state index in [4.69, 9.17) is 11.6 Å². The van der Waals surface area contributed by atoms with Crippen LogP contribution < -0.4 is 16.2 Å². The summed E-state index contributed by atoms with van der Waals surface area (Å²) in [4.78, 5) is 61.5. The molecule has 56 heavy (non-hydrogen) atoms. The molecule has 2 amide bonds. The summed E-state index contributed by atoms with van der Waals surface area (Å²) in [6.07, 6.45) is 1.05. The van der Waals surface area contributed by atoms with Gasteiger partial charge in [0.05, 0.1) is 40.6 Å². The largest absolute Gasteiger partial charge is 0.504 e. The van der Waals surface area contributed by atoms with Crippen LogP contribution in [0.3, 0.4) is 0 Å². The molecule has 1 atom stereocenters. The lowest BCUT2D eigenvalue weighted by Crippen LogP contribution is -2.62. The second kappa shape index (κ2) is 13.6. The average Bonchev–Trinajstić information content (AvgIpc) is 3.60. The highest BCUT2D eigenvalue weighted by Crippen LogP contribution is 2.44. The Morgan fingerprint density at radius 1 is 1.12 bits per heavy atom. The summed E-state index contributed by atoms with van der Waals surface area (Å²) in [6, 6.07) is 2.56. The number of benzene rings is 1. The predicted octanol–water partition coefficient (Wildman–Crippen LogP) is 3.77. The number of nitrogens with one attached hydrogen (secondary N) is 2. The number of amides is 2. The number of fused-ring (bicyclic) bond motifs is 3. The topological polar surface area (TPSA) is 175 Å². The van der Waals surface area contributed by atoms with Crippen LogP contribution in [0.1, 0.15) is 64.5 Å². The molecule has 0 saturated carbocycles. The van der Waals surface area contributed by atoms with E-state index in [0.29, 0.717) is 55.0 Å². The van der Waals surface area contributed by atoms with Gasteiger partial charge in [0.25, 0.3) is 17.4 Å². The normalized spacial score (nSPS) is 20.3. The molecule has 15 nitrogen and oxygen atoms in total. The lowest BCUT2D eigenvalue weighted by atomic mass is 9.66. The number of nitrogens with zero attached hydrogens (tertiary/aromatic N) is 9. The Labute approximate surface area is 318 Å². The summed E-state index contributed by atoms with van der Waals surface area (Å²) in [5, 5.41) is 20.2. The van der Waals surface area contributed by atoms with Gasteiger partial charge in [-0.1, -0.05) is 11.6 Å². The van der Waals surface area contributed by atoms with Crippen LogP contribution in [0.15, 0.2) is 40.5 Å². The van der Waals surface area contributed by atoms with Gasteiger partial charge in [-0.25, -0.2) is 18.7 Å². The van der Waals surface area contributed by atoms with E-state index in [1.807, 2.05) is 0 Å². The van der Waals surface area contributed by atoms with E-state index in [-0.39, 0.29) is 52.5 Å². The third-order valence-corrected chi connectivity index (χ3v) is 11.1. The standard InChI is InChI=1S/C35H33ClF5N11O4/c1-18-27(54)26(45-17-44-18)30(56)49-9-7-33(8-10-49)6-2-3-23-25(33)29(55)52-32(47-28(48-52)19-12-42-31(43-13-19)50-15-34(37,38)16-50)51(23)14-24(53)46-22-5-4-20(11-21(22)36)35(39,40)41/h4-5,11-13,17,31,42,54H,2-3,6-10,14-16H2,1H3,(H,46,53). The van der Waals surface area contributed by atoms with Crippen molar-refractivity contribution >= 4 is 46.7 Å². The smallest absolute Gasteiger partial charge is 0.416 e. The fourth-order valence-electron chi connectivity index (χ4n) is 7.88. The molecule has 2 fully saturated rings. The molecule has 4 aromatic rings. The van der Waals surface area contributed by atoms with Crippen LogP contribution in [0.2, 0.25) is 5.02 Å². The molecule has 1 spiro atoms. The Bertz CT molecular complexity index is 2400. The Kier molecular flexibility index (Phi) is 9.09. The number of carbonyl (C=O) groups excluding carboxylic acids is 2. The van der Waals surface area contributed by atoms with Gasteiger partial charge in [-0.05, 0) is 57.2 Å². The molecule has 294 valence electrons. The number of carbonyl (C=O) groups is 2. The fourth-order valence-corrected chi connectivity index (χ4v) is 8.10. The van der Waals surface area contributed by atoms with Crippen molar-refractivity contribution in [3.8, 4) is 5.75 Å². The molecule has 3 N–H and O–H groups in total. The molecule has 3 aliphatic heterocycles. The van der Waals surface area contributed by atoms with Gasteiger partial charge in [0.1, 0.15) is 12.9 Å². The number of allylic oxidation sites excluding steroid dienone is 1. The van der Waals surface area contributed by atoms with Gasteiger partial charge in [-0.2, -0.15) is 22.7 Å². The average molecular weight is 802 g/mol. The van der Waals surface area contributed by atoms with Gasteiger partial charge in [0.2, 0.25) is 11.7 Å². The molecule has 4 aliphatic rings. The molecule has 0 bridgehead atoms. The highest BCUT2D eigenvalue weighted by molar-refractivity contribution is 6.33. The number of hydrogen-bond donors (Lipinski definition) is 3. The number of likely N-dealkylation sites (tertiary alicyclic amines) is 2. The summed E-state index contributed by atoms with van der Waals surface area (Å²) in [6.45, 7) is 0.669. The maximum Gasteiger partial charge on any atom is 0.416 e. The maximum atomic E-state index is 14.6. The number of anilines is 1. The summed E-state index contributed by atoms with van der Waals surface area (Å²) in [7, 11) is 0. The molecule has 1 aliphatic carbocycles. The molecule has 1 unspecified atom stereocenters. The summed E-state index contributed by atoms with van der Waals surface area (Å²) < 4.78 is 69.5. The highest BCUT2D eigenvalue weighted by atomic mass is 35.5. The zero-order chi connectivity index (χ0) is 39.7. The Morgan fingerprint density at radius 2 is 1.88 bits per heavy atom. The highest BCUT2D eigenvalue weighted by Gasteiger charge is 2.47. The minimum Gasteiger partial charge on any atom is -0.504 e. The van der Waals surface area contributed by atoms with Crippen molar-refractivity contribution in [3.63, 3.8) is 0 Å². The molecular formula is C35H33ClF5N11O4. The van der Waals surface area contributed by atoms with Gasteiger partial charge < -0.3 is 25.2 Å². The third kappa shape index (κ3) is 6.63. The number of piperidine rings is 1. The van der Waals surface area contributed by atoms with E-state index in [0.717, 1.165) is 16.6 Å². The van der Waals surface area contributed by atoms with Gasteiger partial charge in [0, 0.05) is 42.2 Å². The molecule has 3 aromatic heterocycles. The van der Waals surface area contributed by atoms with Crippen LogP contribution in [-0.4, -0.2) is 100 Å². The van der Waals surface area contributed by atoms with Crippen LogP contribution in [0, 0.1) is 6.92 Å². The number of rotatable bonds is 6. The maximum absolute atomic E-state index is 14.6. The van der Waals surface area contributed by atoms with Crippen LogP contribution in [0.5, 0.6) is 5.75 Å². The number of halogens is 6. The van der Waals surface area contributed by atoms with Crippen molar-refractivity contribution in [3.05, 3.63) is 80.1 Å². The quantitative estimate of drug-likeness (QED) is 0.244. The van der Waals surface area contributed by atoms with E-state index >= 15 is 0 Å². The number of alkyl halides is 5. The molecule has 2 saturated heterocycles. The second-order valence-corrected chi connectivity index (χ2v) is 14.8. The van der Waals surface area contributed by atoms with E-state index in [9.17, 15) is 41.4 Å². The number of aryl methyl sites for hydroxylation is 1. The fraction of sp³-hybridized carbons (Fsp3) is 0.429. The molecule has 21 heteroatoms. The van der Waals surface area contributed by atoms with Crippen molar-refractivity contribution in [2.45, 2.75) is 69.4 Å². The third-order valence-electron chi connectivity index (χ3n) is 10.8. The first-order valence-electron chi connectivity index (χ1n) is 17.6. The Morgan fingerprint density at radius 3 is 2.54 bits per heavy atom. The summed E-state index contributed by atoms with van der Waals surface area (Å²) >= 11 is 6.14.